The van der Waals surface area contributed by atoms with Crippen molar-refractivity contribution in [2.24, 2.45) is 11.1 Å². The Balaban J connectivity index is 2.10. The maximum atomic E-state index is 12.2. The van der Waals surface area contributed by atoms with Crippen LogP contribution in [0, 0.1) is 5.41 Å². The first-order valence-electron chi connectivity index (χ1n) is 7.04. The summed E-state index contributed by atoms with van der Waals surface area (Å²) in [7, 11) is 0. The first-order chi connectivity index (χ1) is 9.37. The number of amides is 1. The van der Waals surface area contributed by atoms with E-state index in [9.17, 15) is 4.79 Å². The third-order valence-corrected chi connectivity index (χ3v) is 4.25. The Kier molecular flexibility index (Phi) is 4.43. The van der Waals surface area contributed by atoms with Crippen LogP contribution >= 0.6 is 12.2 Å². The van der Waals surface area contributed by atoms with Crippen LogP contribution in [-0.2, 0) is 11.3 Å². The van der Waals surface area contributed by atoms with Crippen LogP contribution in [0.1, 0.15) is 44.2 Å². The van der Waals surface area contributed by atoms with Crippen LogP contribution in [0.25, 0.3) is 0 Å². The van der Waals surface area contributed by atoms with Gasteiger partial charge in [-0.05, 0) is 29.9 Å². The van der Waals surface area contributed by atoms with Crippen molar-refractivity contribution in [3.05, 3.63) is 35.4 Å². The van der Waals surface area contributed by atoms with Gasteiger partial charge in [0.25, 0.3) is 0 Å². The smallest absolute Gasteiger partial charge is 0.222 e. The summed E-state index contributed by atoms with van der Waals surface area (Å²) in [6, 6.07) is 7.84. The third kappa shape index (κ3) is 3.79. The number of carbonyl (C=O) groups excluding carboxylic acids is 1. The van der Waals surface area contributed by atoms with Crippen LogP contribution in [0.4, 0.5) is 0 Å². The molecule has 1 heterocycles. The molecule has 0 aromatic heterocycles. The Bertz CT molecular complexity index is 525. The summed E-state index contributed by atoms with van der Waals surface area (Å²) in [5.74, 6) is 0.247. The average molecular weight is 290 g/mol. The predicted molar refractivity (Wildman–Crippen MR) is 85.4 cm³/mol. The average Bonchev–Trinajstić information content (AvgIpc) is 2.52. The molecule has 0 bridgehead atoms. The van der Waals surface area contributed by atoms with Crippen molar-refractivity contribution in [2.45, 2.75) is 39.7 Å². The van der Waals surface area contributed by atoms with Crippen molar-refractivity contribution in [2.75, 3.05) is 6.54 Å². The van der Waals surface area contributed by atoms with Crippen LogP contribution in [-0.4, -0.2) is 22.3 Å². The van der Waals surface area contributed by atoms with E-state index < -0.39 is 0 Å². The fourth-order valence-corrected chi connectivity index (χ4v) is 2.63. The zero-order valence-corrected chi connectivity index (χ0v) is 13.0. The molecule has 0 atom stereocenters. The molecule has 1 aromatic rings. The van der Waals surface area contributed by atoms with Crippen molar-refractivity contribution in [3.63, 3.8) is 0 Å². The van der Waals surface area contributed by atoms with E-state index in [2.05, 4.69) is 13.8 Å². The molecule has 0 radical (unpaired) electrons. The first-order valence-corrected chi connectivity index (χ1v) is 7.45. The predicted octanol–water partition coefficient (Wildman–Crippen LogP) is 2.86. The molecule has 1 fully saturated rings. The summed E-state index contributed by atoms with van der Waals surface area (Å²) in [5, 5.41) is 0. The number of hydrogen-bond acceptors (Lipinski definition) is 2. The summed E-state index contributed by atoms with van der Waals surface area (Å²) in [6.45, 7) is 5.93. The van der Waals surface area contributed by atoms with Crippen molar-refractivity contribution in [1.29, 1.82) is 0 Å². The summed E-state index contributed by atoms with van der Waals surface area (Å²) in [6.07, 6.45) is 2.66. The molecule has 4 heteroatoms. The molecule has 0 spiro atoms. The number of hydrogen-bond donors (Lipinski definition) is 1. The van der Waals surface area contributed by atoms with Gasteiger partial charge in [0.15, 0.2) is 0 Å². The Morgan fingerprint density at radius 2 is 2.15 bits per heavy atom. The van der Waals surface area contributed by atoms with E-state index in [1.165, 1.54) is 0 Å². The zero-order chi connectivity index (χ0) is 14.8. The van der Waals surface area contributed by atoms with E-state index >= 15 is 0 Å². The van der Waals surface area contributed by atoms with Crippen LogP contribution < -0.4 is 5.73 Å². The molecule has 0 unspecified atom stereocenters. The molecule has 1 aliphatic heterocycles. The fraction of sp³-hybridized carbons (Fsp3) is 0.500. The molecular formula is C16H22N2OS. The number of carbonyl (C=O) groups is 1. The highest BCUT2D eigenvalue weighted by molar-refractivity contribution is 7.80. The lowest BCUT2D eigenvalue weighted by Crippen LogP contribution is -2.30. The Morgan fingerprint density at radius 3 is 2.85 bits per heavy atom. The minimum Gasteiger partial charge on any atom is -0.389 e. The van der Waals surface area contributed by atoms with Crippen LogP contribution in [0.3, 0.4) is 0 Å². The third-order valence-electron chi connectivity index (χ3n) is 4.01. The molecule has 0 aliphatic carbocycles. The van der Waals surface area contributed by atoms with Gasteiger partial charge in [-0.2, -0.15) is 0 Å². The van der Waals surface area contributed by atoms with E-state index in [-0.39, 0.29) is 11.3 Å². The molecule has 1 saturated heterocycles. The fourth-order valence-electron chi connectivity index (χ4n) is 2.50. The lowest BCUT2D eigenvalue weighted by molar-refractivity contribution is -0.131. The summed E-state index contributed by atoms with van der Waals surface area (Å²) in [4.78, 5) is 14.6. The number of benzene rings is 1. The Hall–Kier alpha value is -1.42. The van der Waals surface area contributed by atoms with E-state index in [0.717, 1.165) is 30.5 Å². The van der Waals surface area contributed by atoms with E-state index in [1.807, 2.05) is 29.2 Å². The highest BCUT2D eigenvalue weighted by Gasteiger charge is 2.27. The highest BCUT2D eigenvalue weighted by Crippen LogP contribution is 2.30. The van der Waals surface area contributed by atoms with Gasteiger partial charge in [0.05, 0.1) is 0 Å². The van der Waals surface area contributed by atoms with Gasteiger partial charge in [-0.1, -0.05) is 44.3 Å². The van der Waals surface area contributed by atoms with Crippen molar-refractivity contribution >= 4 is 23.1 Å². The van der Waals surface area contributed by atoms with E-state index in [0.29, 0.717) is 18.0 Å². The van der Waals surface area contributed by atoms with Crippen molar-refractivity contribution < 1.29 is 4.79 Å². The molecule has 3 nitrogen and oxygen atoms in total. The number of nitrogens with two attached hydrogens (primary N) is 1. The Labute approximate surface area is 126 Å². The standard InChI is InChI=1S/C16H22N2OS/c1-16(2)7-6-14(19)18(9-8-16)11-12-4-3-5-13(10-12)15(17)20/h3-5,10H,6-9,11H2,1-2H3,(H2,17,20). The van der Waals surface area contributed by atoms with Gasteiger partial charge in [-0.15, -0.1) is 0 Å². The SMILES string of the molecule is CC1(C)CCC(=O)N(Cc2cccc(C(N)=S)c2)CC1. The van der Waals surface area contributed by atoms with Gasteiger partial charge in [-0.25, -0.2) is 0 Å². The van der Waals surface area contributed by atoms with Crippen molar-refractivity contribution in [1.82, 2.24) is 4.90 Å². The summed E-state index contributed by atoms with van der Waals surface area (Å²) >= 11 is 5.00. The highest BCUT2D eigenvalue weighted by atomic mass is 32.1. The van der Waals surface area contributed by atoms with Gasteiger partial charge in [0.1, 0.15) is 4.99 Å². The monoisotopic (exact) mass is 290 g/mol. The quantitative estimate of drug-likeness (QED) is 0.871. The molecule has 1 aliphatic rings. The van der Waals surface area contributed by atoms with E-state index in [4.69, 9.17) is 18.0 Å². The van der Waals surface area contributed by atoms with Crippen LogP contribution in [0.5, 0.6) is 0 Å². The first kappa shape index (κ1) is 15.0. The van der Waals surface area contributed by atoms with Gasteiger partial charge in [-0.3, -0.25) is 4.79 Å². The molecule has 2 N–H and O–H groups in total. The maximum absolute atomic E-state index is 12.2. The molecule has 2 rings (SSSR count). The van der Waals surface area contributed by atoms with Gasteiger partial charge >= 0.3 is 0 Å². The normalized spacial score (nSPS) is 18.7. The minimum atomic E-state index is 0.247. The summed E-state index contributed by atoms with van der Waals surface area (Å²) < 4.78 is 0. The molecule has 1 amide bonds. The minimum absolute atomic E-state index is 0.247. The number of likely N-dealkylation sites (tertiary alicyclic amines) is 1. The van der Waals surface area contributed by atoms with Crippen LogP contribution in [0.2, 0.25) is 0 Å². The van der Waals surface area contributed by atoms with Gasteiger partial charge in [0, 0.05) is 25.1 Å². The maximum Gasteiger partial charge on any atom is 0.222 e. The molecule has 108 valence electrons. The number of thiocarbonyl (C=S) groups is 1. The van der Waals surface area contributed by atoms with Gasteiger partial charge < -0.3 is 10.6 Å². The Morgan fingerprint density at radius 1 is 1.40 bits per heavy atom. The molecule has 20 heavy (non-hydrogen) atoms. The van der Waals surface area contributed by atoms with Crippen LogP contribution in [0.15, 0.2) is 24.3 Å². The molecular weight excluding hydrogens is 268 g/mol. The zero-order valence-electron chi connectivity index (χ0n) is 12.2. The number of nitrogens with zero attached hydrogens (tertiary/aromatic N) is 1. The molecule has 0 saturated carbocycles. The largest absolute Gasteiger partial charge is 0.389 e. The second kappa shape index (κ2) is 5.92. The van der Waals surface area contributed by atoms with Gasteiger partial charge in [0.2, 0.25) is 5.91 Å². The lowest BCUT2D eigenvalue weighted by Gasteiger charge is -2.23. The lowest BCUT2D eigenvalue weighted by atomic mass is 9.85. The van der Waals surface area contributed by atoms with Crippen molar-refractivity contribution in [3.8, 4) is 0 Å². The summed E-state index contributed by atoms with van der Waals surface area (Å²) in [5.41, 5.74) is 7.86. The second-order valence-electron chi connectivity index (χ2n) is 6.29. The topological polar surface area (TPSA) is 46.3 Å². The van der Waals surface area contributed by atoms with E-state index in [1.54, 1.807) is 0 Å². The number of rotatable bonds is 3. The second-order valence-corrected chi connectivity index (χ2v) is 6.73. The molecule has 1 aromatic carbocycles.